The Kier molecular flexibility index (Phi) is 5.82. The number of rotatable bonds is 6. The van der Waals surface area contributed by atoms with Crippen LogP contribution in [-0.2, 0) is 9.53 Å². The van der Waals surface area contributed by atoms with Crippen molar-refractivity contribution in [1.29, 1.82) is 0 Å². The molecule has 29 heavy (non-hydrogen) atoms. The van der Waals surface area contributed by atoms with Crippen molar-refractivity contribution in [3.05, 3.63) is 49.3 Å². The molecule has 0 aliphatic carbocycles. The van der Waals surface area contributed by atoms with Crippen LogP contribution < -0.4 is 4.90 Å². The van der Waals surface area contributed by atoms with Gasteiger partial charge in [0, 0.05) is 4.88 Å². The third-order valence-corrected chi connectivity index (χ3v) is 7.37. The zero-order valence-corrected chi connectivity index (χ0v) is 18.1. The van der Waals surface area contributed by atoms with Crippen molar-refractivity contribution in [1.82, 2.24) is 9.88 Å². The van der Waals surface area contributed by atoms with Gasteiger partial charge in [-0.2, -0.15) is 0 Å². The predicted octanol–water partition coefficient (Wildman–Crippen LogP) is 1.31. The number of hydrogen-bond donors (Lipinski definition) is 2. The Bertz CT molecular complexity index is 945. The van der Waals surface area contributed by atoms with Gasteiger partial charge in [0.25, 0.3) is 5.91 Å². The Morgan fingerprint density at radius 1 is 1.38 bits per heavy atom. The van der Waals surface area contributed by atoms with E-state index >= 15 is 0 Å². The second kappa shape index (κ2) is 8.35. The van der Waals surface area contributed by atoms with Crippen LogP contribution in [0.3, 0.4) is 0 Å². The third-order valence-electron chi connectivity index (χ3n) is 5.38. The van der Waals surface area contributed by atoms with Crippen molar-refractivity contribution in [2.24, 2.45) is 0 Å². The molecule has 4 heterocycles. The van der Waals surface area contributed by atoms with Crippen LogP contribution in [0.4, 0.5) is 0 Å². The number of ether oxygens (including phenoxy) is 1. The largest absolute Gasteiger partial charge is 0.503 e. The number of thiophene rings is 1. The molecule has 154 valence electrons. The Morgan fingerprint density at radius 2 is 2.14 bits per heavy atom. The maximum absolute atomic E-state index is 13.4. The Balaban J connectivity index is 1.65. The van der Waals surface area contributed by atoms with E-state index in [-0.39, 0.29) is 11.4 Å². The molecule has 9 heteroatoms. The lowest BCUT2D eigenvalue weighted by Crippen LogP contribution is -3.14. The molecule has 2 aromatic rings. The van der Waals surface area contributed by atoms with E-state index in [1.165, 1.54) is 27.6 Å². The summed E-state index contributed by atoms with van der Waals surface area (Å²) in [6.45, 7) is 8.08. The average molecular weight is 435 g/mol. The number of aliphatic hydroxyl groups excluding tert-OH is 1. The first-order valence-corrected chi connectivity index (χ1v) is 11.3. The van der Waals surface area contributed by atoms with Crippen LogP contribution in [0.15, 0.2) is 28.8 Å². The fraction of sp³-hybridized carbons (Fsp3) is 0.450. The van der Waals surface area contributed by atoms with Gasteiger partial charge >= 0.3 is 0 Å². The van der Waals surface area contributed by atoms with E-state index in [1.54, 1.807) is 11.8 Å². The van der Waals surface area contributed by atoms with Crippen molar-refractivity contribution >= 4 is 34.4 Å². The number of aliphatic hydroxyl groups is 1. The maximum atomic E-state index is 13.4. The van der Waals surface area contributed by atoms with Crippen LogP contribution in [0.5, 0.6) is 0 Å². The topological polar surface area (TPSA) is 84.2 Å². The van der Waals surface area contributed by atoms with Gasteiger partial charge in [-0.3, -0.25) is 9.59 Å². The highest BCUT2D eigenvalue weighted by atomic mass is 32.1. The summed E-state index contributed by atoms with van der Waals surface area (Å²) >= 11 is 2.78. The highest BCUT2D eigenvalue weighted by molar-refractivity contribution is 7.14. The Labute approximate surface area is 177 Å². The van der Waals surface area contributed by atoms with E-state index in [1.807, 2.05) is 24.4 Å². The number of ketones is 1. The van der Waals surface area contributed by atoms with Crippen molar-refractivity contribution in [2.75, 3.05) is 39.4 Å². The van der Waals surface area contributed by atoms with Crippen molar-refractivity contribution in [3.63, 3.8) is 0 Å². The molecule has 2 aliphatic heterocycles. The van der Waals surface area contributed by atoms with Crippen molar-refractivity contribution in [3.8, 4) is 0 Å². The van der Waals surface area contributed by atoms with E-state index in [0.29, 0.717) is 17.1 Å². The van der Waals surface area contributed by atoms with E-state index in [4.69, 9.17) is 4.74 Å². The molecule has 0 aromatic carbocycles. The third kappa shape index (κ3) is 3.87. The summed E-state index contributed by atoms with van der Waals surface area (Å²) in [6, 6.07) is 3.25. The second-order valence-corrected chi connectivity index (χ2v) is 9.45. The minimum absolute atomic E-state index is 0.168. The van der Waals surface area contributed by atoms with Gasteiger partial charge in [0.15, 0.2) is 5.76 Å². The molecule has 2 N–H and O–H groups in total. The highest BCUT2D eigenvalue weighted by Crippen LogP contribution is 2.41. The average Bonchev–Trinajstić information content (AvgIpc) is 3.41. The number of aryl methyl sites for hydroxylation is 2. The quantitative estimate of drug-likeness (QED) is 0.670. The number of hydrogen-bond acceptors (Lipinski definition) is 7. The summed E-state index contributed by atoms with van der Waals surface area (Å²) in [4.78, 5) is 35.0. The molecule has 0 saturated carbocycles. The van der Waals surface area contributed by atoms with Gasteiger partial charge < -0.3 is 19.6 Å². The molecule has 0 unspecified atom stereocenters. The fourth-order valence-electron chi connectivity index (χ4n) is 3.91. The lowest BCUT2D eigenvalue weighted by Gasteiger charge is -2.29. The normalized spacial score (nSPS) is 20.7. The number of nitrogens with one attached hydrogen (secondary N) is 1. The lowest BCUT2D eigenvalue weighted by molar-refractivity contribution is -0.907. The Hall–Kier alpha value is -2.07. The Morgan fingerprint density at radius 3 is 2.76 bits per heavy atom. The van der Waals surface area contributed by atoms with Crippen LogP contribution in [0, 0.1) is 13.8 Å². The van der Waals surface area contributed by atoms with Crippen LogP contribution >= 0.6 is 22.7 Å². The highest BCUT2D eigenvalue weighted by Gasteiger charge is 2.45. The monoisotopic (exact) mass is 434 g/mol. The smallest absolute Gasteiger partial charge is 0.290 e. The van der Waals surface area contributed by atoms with Gasteiger partial charge in [0.1, 0.15) is 13.1 Å². The molecule has 0 spiro atoms. The molecule has 4 rings (SSSR count). The second-order valence-electron chi connectivity index (χ2n) is 7.27. The molecule has 1 amide bonds. The first kappa shape index (κ1) is 20.2. The molecule has 0 radical (unpaired) electrons. The number of nitrogens with zero attached hydrogens (tertiary/aromatic N) is 2. The molecule has 0 bridgehead atoms. The summed E-state index contributed by atoms with van der Waals surface area (Å²) in [5, 5.41) is 13.4. The molecule has 1 fully saturated rings. The fourth-order valence-corrected chi connectivity index (χ4v) is 5.63. The molecular formula is C20H24N3O4S2+. The molecular weight excluding hydrogens is 410 g/mol. The summed E-state index contributed by atoms with van der Waals surface area (Å²) in [5.41, 5.74) is 0.799. The van der Waals surface area contributed by atoms with Gasteiger partial charge in [-0.25, -0.2) is 4.98 Å². The van der Waals surface area contributed by atoms with Gasteiger partial charge in [-0.05, 0) is 25.3 Å². The van der Waals surface area contributed by atoms with E-state index in [9.17, 15) is 14.7 Å². The number of morpholine rings is 1. The molecule has 7 nitrogen and oxygen atoms in total. The number of thiazole rings is 1. The first-order valence-electron chi connectivity index (χ1n) is 9.65. The van der Waals surface area contributed by atoms with E-state index < -0.39 is 17.7 Å². The maximum Gasteiger partial charge on any atom is 0.290 e. The predicted molar refractivity (Wildman–Crippen MR) is 111 cm³/mol. The summed E-state index contributed by atoms with van der Waals surface area (Å²) in [7, 11) is 0. The lowest BCUT2D eigenvalue weighted by atomic mass is 10.0. The number of quaternary nitrogens is 1. The minimum atomic E-state index is -0.558. The van der Waals surface area contributed by atoms with Gasteiger partial charge in [0.2, 0.25) is 5.78 Å². The standard InChI is InChI=1S/C20H23N3O4S2/c1-12-19(29-13(2)21-12)17(24)15-16(14-4-3-11-28-14)23(20(26)18(15)25)6-5-22-7-9-27-10-8-22/h3-4,11,16,25H,5-10H2,1-2H3/p+1/t16-/m1/s1. The first-order chi connectivity index (χ1) is 14.0. The minimum Gasteiger partial charge on any atom is -0.503 e. The number of Topliss-reactive ketones (excluding diaryl/α,β-unsaturated/α-hetero) is 1. The summed E-state index contributed by atoms with van der Waals surface area (Å²) in [5.74, 6) is -1.22. The van der Waals surface area contributed by atoms with Crippen molar-refractivity contribution < 1.29 is 24.3 Å². The van der Waals surface area contributed by atoms with Crippen LogP contribution in [0.25, 0.3) is 0 Å². The molecule has 1 saturated heterocycles. The number of carbonyl (C=O) groups is 2. The zero-order chi connectivity index (χ0) is 20.5. The zero-order valence-electron chi connectivity index (χ0n) is 16.4. The molecule has 1 atom stereocenters. The summed E-state index contributed by atoms with van der Waals surface area (Å²) < 4.78 is 5.40. The SMILES string of the molecule is Cc1nc(C)c(C(=O)C2=C(O)C(=O)N(CC[NH+]3CCOCC3)[C@@H]2c2cccs2)s1. The molecule has 2 aliphatic rings. The van der Waals surface area contributed by atoms with Crippen LogP contribution in [-0.4, -0.2) is 66.1 Å². The van der Waals surface area contributed by atoms with Crippen LogP contribution in [0.1, 0.15) is 31.3 Å². The van der Waals surface area contributed by atoms with Gasteiger partial charge in [-0.1, -0.05) is 6.07 Å². The van der Waals surface area contributed by atoms with Gasteiger partial charge in [0.05, 0.1) is 53.5 Å². The van der Waals surface area contributed by atoms with E-state index in [0.717, 1.165) is 42.7 Å². The number of amides is 1. The van der Waals surface area contributed by atoms with Crippen LogP contribution in [0.2, 0.25) is 0 Å². The molecule has 2 aromatic heterocycles. The van der Waals surface area contributed by atoms with Gasteiger partial charge in [-0.15, -0.1) is 22.7 Å². The van der Waals surface area contributed by atoms with Crippen molar-refractivity contribution in [2.45, 2.75) is 19.9 Å². The number of carbonyl (C=O) groups excluding carboxylic acids is 2. The number of aromatic nitrogens is 1. The summed E-state index contributed by atoms with van der Waals surface area (Å²) in [6.07, 6.45) is 0. The van der Waals surface area contributed by atoms with E-state index in [2.05, 4.69) is 4.98 Å².